The van der Waals surface area contributed by atoms with E-state index in [1.54, 1.807) is 0 Å². The highest BCUT2D eigenvalue weighted by atomic mass is 32.1. The smallest absolute Gasteiger partial charge is 0.248 e. The van der Waals surface area contributed by atoms with E-state index in [-0.39, 0.29) is 5.11 Å². The average Bonchev–Trinajstić information content (AvgIpc) is 1.82. The van der Waals surface area contributed by atoms with E-state index >= 15 is 0 Å². The summed E-state index contributed by atoms with van der Waals surface area (Å²) in [5.41, 5.74) is 4.79. The summed E-state index contributed by atoms with van der Waals surface area (Å²) in [4.78, 5) is 32.3. The van der Waals surface area contributed by atoms with E-state index < -0.39 is 23.6 Å². The molecule has 64 valence electrons. The Balaban J connectivity index is 2.88. The molecule has 12 heavy (non-hydrogen) atoms. The van der Waals surface area contributed by atoms with Gasteiger partial charge >= 0.3 is 0 Å². The van der Waals surface area contributed by atoms with Crippen LogP contribution in [0, 0.1) is 5.92 Å². The lowest BCUT2D eigenvalue weighted by Gasteiger charge is -2.19. The minimum Gasteiger partial charge on any atom is -0.369 e. The summed E-state index contributed by atoms with van der Waals surface area (Å²) in [5, 5.41) is 4.09. The van der Waals surface area contributed by atoms with Gasteiger partial charge in [-0.15, -0.1) is 0 Å². The summed E-state index contributed by atoms with van der Waals surface area (Å²) in [6.45, 7) is 0. The maximum Gasteiger partial charge on any atom is 0.248 e. The van der Waals surface area contributed by atoms with Crippen LogP contribution in [0.15, 0.2) is 0 Å². The maximum atomic E-state index is 10.9. The normalized spacial score (nSPS) is 18.5. The van der Waals surface area contributed by atoms with E-state index in [9.17, 15) is 14.4 Å². The standard InChI is InChI=1S/C5H5N3O3S/c6-2(9)1-3(10)7-5(12)8-4(1)11/h1H,(H2,6,9)(H2,7,8,10,11,12). The number of hydrogen-bond donors (Lipinski definition) is 3. The van der Waals surface area contributed by atoms with Crippen LogP contribution in [0.2, 0.25) is 0 Å². The van der Waals surface area contributed by atoms with Crippen LogP contribution in [0.25, 0.3) is 0 Å². The van der Waals surface area contributed by atoms with E-state index in [1.807, 2.05) is 0 Å². The van der Waals surface area contributed by atoms with Crippen molar-refractivity contribution in [2.75, 3.05) is 0 Å². The minimum atomic E-state index is -1.48. The van der Waals surface area contributed by atoms with E-state index in [1.165, 1.54) is 0 Å². The number of thiocarbonyl (C=S) groups is 1. The fourth-order valence-corrected chi connectivity index (χ4v) is 0.978. The molecule has 0 atom stereocenters. The molecule has 3 amide bonds. The van der Waals surface area contributed by atoms with Crippen molar-refractivity contribution in [3.63, 3.8) is 0 Å². The summed E-state index contributed by atoms with van der Waals surface area (Å²) in [5.74, 6) is -4.03. The Kier molecular flexibility index (Phi) is 2.05. The van der Waals surface area contributed by atoms with Crippen LogP contribution in [0.1, 0.15) is 0 Å². The molecule has 0 bridgehead atoms. The fourth-order valence-electron chi connectivity index (χ4n) is 0.777. The zero-order valence-electron chi connectivity index (χ0n) is 5.79. The van der Waals surface area contributed by atoms with Crippen LogP contribution in [-0.4, -0.2) is 22.8 Å². The van der Waals surface area contributed by atoms with Crippen LogP contribution in [0.4, 0.5) is 0 Å². The quantitative estimate of drug-likeness (QED) is 0.315. The number of carbonyl (C=O) groups excluding carboxylic acids is 3. The second kappa shape index (κ2) is 2.86. The molecule has 4 N–H and O–H groups in total. The molecule has 0 spiro atoms. The van der Waals surface area contributed by atoms with Crippen molar-refractivity contribution >= 4 is 35.1 Å². The largest absolute Gasteiger partial charge is 0.369 e. The van der Waals surface area contributed by atoms with Gasteiger partial charge in [-0.2, -0.15) is 0 Å². The Bertz CT molecular complexity index is 268. The van der Waals surface area contributed by atoms with Gasteiger partial charge in [0.05, 0.1) is 0 Å². The molecular formula is C5H5N3O3S. The zero-order valence-corrected chi connectivity index (χ0v) is 6.60. The third kappa shape index (κ3) is 1.40. The van der Waals surface area contributed by atoms with E-state index in [2.05, 4.69) is 22.9 Å². The number of primary amides is 1. The van der Waals surface area contributed by atoms with Crippen molar-refractivity contribution in [3.8, 4) is 0 Å². The Morgan fingerprint density at radius 3 is 2.08 bits per heavy atom. The first kappa shape index (κ1) is 8.60. The van der Waals surface area contributed by atoms with E-state index in [4.69, 9.17) is 5.73 Å². The monoisotopic (exact) mass is 187 g/mol. The Labute approximate surface area is 72.5 Å². The number of carbonyl (C=O) groups is 3. The summed E-state index contributed by atoms with van der Waals surface area (Å²) < 4.78 is 0. The van der Waals surface area contributed by atoms with Crippen molar-refractivity contribution in [1.82, 2.24) is 10.6 Å². The molecular weight excluding hydrogens is 182 g/mol. The van der Waals surface area contributed by atoms with Crippen molar-refractivity contribution < 1.29 is 14.4 Å². The van der Waals surface area contributed by atoms with Crippen molar-refractivity contribution in [3.05, 3.63) is 0 Å². The van der Waals surface area contributed by atoms with Crippen LogP contribution < -0.4 is 16.4 Å². The van der Waals surface area contributed by atoms with Crippen molar-refractivity contribution in [2.24, 2.45) is 11.7 Å². The second-order valence-corrected chi connectivity index (χ2v) is 2.55. The molecule has 0 aliphatic carbocycles. The highest BCUT2D eigenvalue weighted by Crippen LogP contribution is 2.00. The molecule has 1 rings (SSSR count). The molecule has 0 radical (unpaired) electrons. The van der Waals surface area contributed by atoms with Crippen molar-refractivity contribution in [1.29, 1.82) is 0 Å². The number of amides is 3. The third-order valence-electron chi connectivity index (χ3n) is 1.28. The van der Waals surface area contributed by atoms with Gasteiger partial charge in [0.1, 0.15) is 0 Å². The first-order valence-electron chi connectivity index (χ1n) is 2.97. The van der Waals surface area contributed by atoms with Crippen molar-refractivity contribution in [2.45, 2.75) is 0 Å². The Hall–Kier alpha value is -1.50. The Morgan fingerprint density at radius 2 is 1.75 bits per heavy atom. The average molecular weight is 187 g/mol. The molecule has 6 nitrogen and oxygen atoms in total. The molecule has 1 fully saturated rings. The lowest BCUT2D eigenvalue weighted by Crippen LogP contribution is -2.59. The van der Waals surface area contributed by atoms with Gasteiger partial charge < -0.3 is 16.4 Å². The molecule has 0 saturated carbocycles. The van der Waals surface area contributed by atoms with Gasteiger partial charge in [0.25, 0.3) is 0 Å². The number of nitrogens with one attached hydrogen (secondary N) is 2. The predicted octanol–water partition coefficient (Wildman–Crippen LogP) is -2.38. The summed E-state index contributed by atoms with van der Waals surface area (Å²) in [6, 6.07) is 0. The van der Waals surface area contributed by atoms with Gasteiger partial charge in [-0.1, -0.05) is 0 Å². The molecule has 0 aromatic heterocycles. The number of rotatable bonds is 1. The molecule has 1 heterocycles. The van der Waals surface area contributed by atoms with Crippen LogP contribution in [0.5, 0.6) is 0 Å². The summed E-state index contributed by atoms with van der Waals surface area (Å²) in [7, 11) is 0. The highest BCUT2D eigenvalue weighted by Gasteiger charge is 2.36. The van der Waals surface area contributed by atoms with E-state index in [0.29, 0.717) is 0 Å². The maximum absolute atomic E-state index is 10.9. The minimum absolute atomic E-state index is 0.109. The van der Waals surface area contributed by atoms with E-state index in [0.717, 1.165) is 0 Å². The van der Waals surface area contributed by atoms with Gasteiger partial charge in [-0.05, 0) is 12.2 Å². The number of hydrogen-bond acceptors (Lipinski definition) is 4. The summed E-state index contributed by atoms with van der Waals surface area (Å²) in [6.07, 6.45) is 0. The predicted molar refractivity (Wildman–Crippen MR) is 41.6 cm³/mol. The Morgan fingerprint density at radius 1 is 1.33 bits per heavy atom. The SMILES string of the molecule is NC(=O)C1C(=O)NC(=S)NC1=O. The molecule has 7 heteroatoms. The molecule has 0 aromatic rings. The molecule has 0 unspecified atom stereocenters. The van der Waals surface area contributed by atoms with Gasteiger partial charge in [0.15, 0.2) is 11.0 Å². The van der Waals surface area contributed by atoms with Crippen LogP contribution in [0.3, 0.4) is 0 Å². The fraction of sp³-hybridized carbons (Fsp3) is 0.200. The first-order valence-corrected chi connectivity index (χ1v) is 3.38. The first-order chi connectivity index (χ1) is 5.52. The molecule has 1 aliphatic rings. The molecule has 1 aliphatic heterocycles. The lowest BCUT2D eigenvalue weighted by molar-refractivity contribution is -0.141. The van der Waals surface area contributed by atoms with Gasteiger partial charge in [-0.25, -0.2) is 0 Å². The van der Waals surface area contributed by atoms with Gasteiger partial charge in [0.2, 0.25) is 17.7 Å². The zero-order chi connectivity index (χ0) is 9.30. The second-order valence-electron chi connectivity index (χ2n) is 2.14. The molecule has 1 saturated heterocycles. The van der Waals surface area contributed by atoms with Gasteiger partial charge in [-0.3, -0.25) is 14.4 Å². The van der Waals surface area contributed by atoms with Crippen LogP contribution >= 0.6 is 12.2 Å². The van der Waals surface area contributed by atoms with Crippen LogP contribution in [-0.2, 0) is 14.4 Å². The lowest BCUT2D eigenvalue weighted by atomic mass is 10.1. The molecule has 0 aromatic carbocycles. The highest BCUT2D eigenvalue weighted by molar-refractivity contribution is 7.80. The third-order valence-corrected chi connectivity index (χ3v) is 1.49. The van der Waals surface area contributed by atoms with Gasteiger partial charge in [0, 0.05) is 0 Å². The number of nitrogens with two attached hydrogens (primary N) is 1. The topological polar surface area (TPSA) is 101 Å². The summed E-state index contributed by atoms with van der Waals surface area (Å²) >= 11 is 4.48.